The number of aliphatic carboxylic acids is 1. The Hall–Kier alpha value is -4.52. The van der Waals surface area contributed by atoms with Crippen LogP contribution in [0.4, 0.5) is 4.79 Å². The van der Waals surface area contributed by atoms with Gasteiger partial charge in [0.05, 0.1) is 28.1 Å². The van der Waals surface area contributed by atoms with E-state index in [1.54, 1.807) is 6.20 Å². The lowest BCUT2D eigenvalue weighted by Gasteiger charge is -2.30. The molecule has 252 valence electrons. The number of amides is 3. The Balaban J connectivity index is 1.18. The van der Waals surface area contributed by atoms with Crippen molar-refractivity contribution in [3.63, 3.8) is 0 Å². The molecule has 1 saturated heterocycles. The number of carboxylic acids is 1. The second-order valence-corrected chi connectivity index (χ2v) is 14.1. The fourth-order valence-electron chi connectivity index (χ4n) is 6.80. The number of ether oxygens (including phenoxy) is 2. The van der Waals surface area contributed by atoms with Crippen molar-refractivity contribution in [2.24, 2.45) is 5.92 Å². The lowest BCUT2D eigenvalue weighted by atomic mass is 9.96. The zero-order valence-electron chi connectivity index (χ0n) is 26.5. The highest BCUT2D eigenvalue weighted by atomic mass is 32.1. The molecule has 12 nitrogen and oxygen atoms in total. The van der Waals surface area contributed by atoms with Gasteiger partial charge in [0.2, 0.25) is 11.8 Å². The van der Waals surface area contributed by atoms with Crippen molar-refractivity contribution in [1.82, 2.24) is 25.5 Å². The molecule has 13 heteroatoms. The first-order valence-corrected chi connectivity index (χ1v) is 17.6. The zero-order valence-corrected chi connectivity index (χ0v) is 27.3. The molecule has 5 atom stereocenters. The van der Waals surface area contributed by atoms with Crippen LogP contribution >= 0.6 is 11.3 Å². The van der Waals surface area contributed by atoms with Crippen molar-refractivity contribution in [2.75, 3.05) is 6.54 Å². The average Bonchev–Trinajstić information content (AvgIpc) is 3.35. The molecule has 5 heterocycles. The molecule has 3 N–H and O–H groups in total. The van der Waals surface area contributed by atoms with Gasteiger partial charge in [-0.25, -0.2) is 14.6 Å². The Bertz CT molecular complexity index is 1730. The van der Waals surface area contributed by atoms with E-state index in [0.29, 0.717) is 30.0 Å². The molecule has 0 radical (unpaired) electrons. The van der Waals surface area contributed by atoms with Crippen molar-refractivity contribution in [1.29, 1.82) is 0 Å². The minimum atomic E-state index is -1.42. The Morgan fingerprint density at radius 2 is 1.94 bits per heavy atom. The predicted molar refractivity (Wildman–Crippen MR) is 177 cm³/mol. The van der Waals surface area contributed by atoms with E-state index in [4.69, 9.17) is 14.5 Å². The number of hydrogen-bond acceptors (Lipinski definition) is 9. The minimum Gasteiger partial charge on any atom is -0.487 e. The quantitative estimate of drug-likeness (QED) is 0.312. The topological polar surface area (TPSA) is 160 Å². The van der Waals surface area contributed by atoms with E-state index in [2.05, 4.69) is 15.6 Å². The standard InChI is InChI=1S/C35H39N5O7S/c41-31-28-17-23(46-29-18-27(24-12-6-7-15-36-24)37-25-14-16-48-30(25)29)20-40(28)32(42)26(38-34(45)47-22-10-8-11-22)13-5-3-1-2-4-9-21-19-35(21,39-31)33(43)44/h4,6-7,9,12,14-16,18,21-23,26,28H,1-3,5,8,10-11,13,17,19-20H2,(H,38,45)(H,39,41)(H,43,44)/t21-,23-,26+,28+,35-/m1/s1. The molecule has 2 saturated carbocycles. The van der Waals surface area contributed by atoms with Crippen LogP contribution in [-0.2, 0) is 19.1 Å². The molecule has 4 aliphatic rings. The van der Waals surface area contributed by atoms with Crippen LogP contribution in [0.3, 0.4) is 0 Å². The van der Waals surface area contributed by atoms with E-state index >= 15 is 0 Å². The van der Waals surface area contributed by atoms with Crippen molar-refractivity contribution >= 4 is 45.4 Å². The molecule has 0 aromatic carbocycles. The van der Waals surface area contributed by atoms with E-state index in [1.807, 2.05) is 47.9 Å². The molecule has 2 aliphatic carbocycles. The lowest BCUT2D eigenvalue weighted by molar-refractivity contribution is -0.145. The number of alkyl carbamates (subject to hydrolysis) is 1. The SMILES string of the molecule is O=C(N[C@H]1CCCCCC=C[C@@H]2C[C@@]2(C(=O)O)NC(=O)[C@@H]2C[C@@H](Oc3cc(-c4ccccn4)nc4ccsc34)CN2C1=O)OC1CCC1. The van der Waals surface area contributed by atoms with Gasteiger partial charge in [-0.15, -0.1) is 11.3 Å². The van der Waals surface area contributed by atoms with Gasteiger partial charge in [-0.05, 0) is 68.5 Å². The van der Waals surface area contributed by atoms with Crippen molar-refractivity contribution in [3.05, 3.63) is 54.1 Å². The van der Waals surface area contributed by atoms with Crippen LogP contribution < -0.4 is 15.4 Å². The fraction of sp³-hybridized carbons (Fsp3) is 0.486. The summed E-state index contributed by atoms with van der Waals surface area (Å²) in [5.74, 6) is -1.84. The summed E-state index contributed by atoms with van der Waals surface area (Å²) in [6, 6.07) is 7.38. The van der Waals surface area contributed by atoms with Crippen molar-refractivity contribution < 1.29 is 33.8 Å². The molecule has 48 heavy (non-hydrogen) atoms. The Morgan fingerprint density at radius 1 is 1.06 bits per heavy atom. The van der Waals surface area contributed by atoms with Gasteiger partial charge in [-0.2, -0.15) is 0 Å². The fourth-order valence-corrected chi connectivity index (χ4v) is 7.59. The summed E-state index contributed by atoms with van der Waals surface area (Å²) in [6.45, 7) is 0.0737. The smallest absolute Gasteiger partial charge is 0.408 e. The van der Waals surface area contributed by atoms with Crippen LogP contribution in [-0.4, -0.2) is 80.2 Å². The second-order valence-electron chi connectivity index (χ2n) is 13.1. The minimum absolute atomic E-state index is 0.0737. The van der Waals surface area contributed by atoms with Gasteiger partial charge in [-0.3, -0.25) is 14.6 Å². The molecular weight excluding hydrogens is 634 g/mol. The van der Waals surface area contributed by atoms with Crippen LogP contribution in [0.25, 0.3) is 21.6 Å². The summed E-state index contributed by atoms with van der Waals surface area (Å²) in [5, 5.41) is 17.7. The van der Waals surface area contributed by atoms with Gasteiger partial charge in [0.1, 0.15) is 35.6 Å². The third kappa shape index (κ3) is 6.60. The van der Waals surface area contributed by atoms with Gasteiger partial charge in [-0.1, -0.05) is 31.1 Å². The largest absolute Gasteiger partial charge is 0.487 e. The maximum atomic E-state index is 14.3. The Kier molecular flexibility index (Phi) is 9.04. The highest BCUT2D eigenvalue weighted by molar-refractivity contribution is 7.17. The van der Waals surface area contributed by atoms with E-state index in [1.165, 1.54) is 16.2 Å². The summed E-state index contributed by atoms with van der Waals surface area (Å²) >= 11 is 1.48. The summed E-state index contributed by atoms with van der Waals surface area (Å²) in [7, 11) is 0. The maximum Gasteiger partial charge on any atom is 0.408 e. The first-order chi connectivity index (χ1) is 23.3. The zero-order chi connectivity index (χ0) is 33.3. The highest BCUT2D eigenvalue weighted by Gasteiger charge is 2.61. The summed E-state index contributed by atoms with van der Waals surface area (Å²) in [5.41, 5.74) is 0.630. The molecule has 0 spiro atoms. The molecule has 3 fully saturated rings. The third-order valence-electron chi connectivity index (χ3n) is 9.84. The summed E-state index contributed by atoms with van der Waals surface area (Å²) in [6.07, 6.45) is 10.7. The number of hydrogen-bond donors (Lipinski definition) is 3. The maximum absolute atomic E-state index is 14.3. The Labute approximate surface area is 281 Å². The number of carboxylic acid groups (broad SMARTS) is 1. The molecule has 3 amide bonds. The molecule has 0 unspecified atom stereocenters. The average molecular weight is 674 g/mol. The van der Waals surface area contributed by atoms with Gasteiger partial charge < -0.3 is 30.1 Å². The number of nitrogens with zero attached hydrogens (tertiary/aromatic N) is 3. The van der Waals surface area contributed by atoms with Crippen LogP contribution in [0.5, 0.6) is 5.75 Å². The number of nitrogens with one attached hydrogen (secondary N) is 2. The molecule has 0 bridgehead atoms. The Morgan fingerprint density at radius 3 is 2.71 bits per heavy atom. The van der Waals surface area contributed by atoms with E-state index < -0.39 is 47.6 Å². The first kappa shape index (κ1) is 32.0. The van der Waals surface area contributed by atoms with Crippen molar-refractivity contribution in [2.45, 2.75) is 94.0 Å². The van der Waals surface area contributed by atoms with Gasteiger partial charge in [0.25, 0.3) is 0 Å². The highest BCUT2D eigenvalue weighted by Crippen LogP contribution is 2.45. The summed E-state index contributed by atoms with van der Waals surface area (Å²) < 4.78 is 12.9. The number of allylic oxidation sites excluding steroid dienone is 1. The normalized spacial score (nSPS) is 27.9. The van der Waals surface area contributed by atoms with Gasteiger partial charge in [0, 0.05) is 24.6 Å². The molecule has 7 rings (SSSR count). The lowest BCUT2D eigenvalue weighted by Crippen LogP contribution is -2.56. The van der Waals surface area contributed by atoms with E-state index in [0.717, 1.165) is 48.7 Å². The molecular formula is C35H39N5O7S. The van der Waals surface area contributed by atoms with Crippen LogP contribution in [0, 0.1) is 5.92 Å². The first-order valence-electron chi connectivity index (χ1n) is 16.8. The number of fused-ring (bicyclic) bond motifs is 3. The molecule has 3 aromatic heterocycles. The third-order valence-corrected chi connectivity index (χ3v) is 10.8. The number of rotatable bonds is 6. The number of aromatic nitrogens is 2. The van der Waals surface area contributed by atoms with Gasteiger partial charge >= 0.3 is 12.1 Å². The van der Waals surface area contributed by atoms with Crippen LogP contribution in [0.2, 0.25) is 0 Å². The van der Waals surface area contributed by atoms with Crippen LogP contribution in [0.1, 0.15) is 64.2 Å². The summed E-state index contributed by atoms with van der Waals surface area (Å²) in [4.78, 5) is 64.2. The van der Waals surface area contributed by atoms with E-state index in [-0.39, 0.29) is 31.4 Å². The van der Waals surface area contributed by atoms with Crippen molar-refractivity contribution in [3.8, 4) is 17.1 Å². The number of carbonyl (C=O) groups excluding carboxylic acids is 3. The molecule has 3 aromatic rings. The predicted octanol–water partition coefficient (Wildman–Crippen LogP) is 4.83. The number of thiophene rings is 1. The number of pyridine rings is 2. The molecule has 2 aliphatic heterocycles. The monoisotopic (exact) mass is 673 g/mol. The van der Waals surface area contributed by atoms with Crippen LogP contribution in [0.15, 0.2) is 54.1 Å². The van der Waals surface area contributed by atoms with Gasteiger partial charge in [0.15, 0.2) is 0 Å². The second kappa shape index (κ2) is 13.5. The van der Waals surface area contributed by atoms with E-state index in [9.17, 15) is 24.3 Å². The number of carbonyl (C=O) groups is 4.